The first-order chi connectivity index (χ1) is 12.7. The first-order valence-electron chi connectivity index (χ1n) is 9.16. The molecule has 0 unspecified atom stereocenters. The third-order valence-electron chi connectivity index (χ3n) is 5.27. The van der Waals surface area contributed by atoms with E-state index in [4.69, 9.17) is 9.72 Å². The summed E-state index contributed by atoms with van der Waals surface area (Å²) in [5.74, 6) is 0.868. The molecule has 3 heterocycles. The van der Waals surface area contributed by atoms with Crippen LogP contribution < -0.4 is 5.32 Å². The van der Waals surface area contributed by atoms with Crippen LogP contribution in [0.2, 0.25) is 0 Å². The molecule has 0 amide bonds. The fourth-order valence-electron chi connectivity index (χ4n) is 3.84. The molecule has 138 valence electrons. The van der Waals surface area contributed by atoms with Crippen LogP contribution in [-0.2, 0) is 18.8 Å². The summed E-state index contributed by atoms with van der Waals surface area (Å²) in [6, 6.07) is 8.36. The number of benzene rings is 1. The van der Waals surface area contributed by atoms with E-state index in [0.29, 0.717) is 6.54 Å². The number of aromatic nitrogens is 4. The van der Waals surface area contributed by atoms with Crippen molar-refractivity contribution in [1.29, 1.82) is 0 Å². The molecule has 26 heavy (non-hydrogen) atoms. The van der Waals surface area contributed by atoms with Crippen molar-refractivity contribution in [1.82, 2.24) is 24.0 Å². The van der Waals surface area contributed by atoms with Gasteiger partial charge < -0.3 is 19.2 Å². The number of hydrogen-bond donors (Lipinski definition) is 1. The quantitative estimate of drug-likeness (QED) is 0.761. The minimum absolute atomic E-state index is 0.0407. The van der Waals surface area contributed by atoms with Gasteiger partial charge in [-0.15, -0.1) is 0 Å². The highest BCUT2D eigenvalue weighted by atomic mass is 16.5. The van der Waals surface area contributed by atoms with Gasteiger partial charge in [-0.1, -0.05) is 19.1 Å². The van der Waals surface area contributed by atoms with Gasteiger partial charge in [-0.25, -0.2) is 9.97 Å². The van der Waals surface area contributed by atoms with Crippen molar-refractivity contribution < 1.29 is 4.74 Å². The van der Waals surface area contributed by atoms with Crippen LogP contribution in [0.3, 0.4) is 0 Å². The number of ether oxygens (including phenoxy) is 1. The number of anilines is 1. The average Bonchev–Trinajstić information content (AvgIpc) is 3.23. The summed E-state index contributed by atoms with van der Waals surface area (Å²) in [6.07, 6.45) is 3.84. The Morgan fingerprint density at radius 2 is 2.12 bits per heavy atom. The molecule has 7 heteroatoms. The smallest absolute Gasteiger partial charge is 0.203 e. The first kappa shape index (κ1) is 17.1. The second kappa shape index (κ2) is 7.09. The van der Waals surface area contributed by atoms with E-state index in [1.165, 1.54) is 5.69 Å². The van der Waals surface area contributed by atoms with Gasteiger partial charge in [0.1, 0.15) is 0 Å². The van der Waals surface area contributed by atoms with Crippen molar-refractivity contribution in [2.75, 3.05) is 31.6 Å². The average molecular weight is 354 g/mol. The van der Waals surface area contributed by atoms with Crippen molar-refractivity contribution in [2.24, 2.45) is 14.1 Å². The number of likely N-dealkylation sites (N-methyl/N-ethyl adjacent to an activating group) is 1. The van der Waals surface area contributed by atoms with Crippen LogP contribution in [0.5, 0.6) is 0 Å². The standard InChI is InChI=1S/C19H26N6O/c1-4-25-9-10-26-17(18(25)16-11-20-13-23(16)2)12-21-19-22-14-7-5-6-8-15(14)24(19)3/h5-8,11,13,17-18H,4,9-10,12H2,1-3H3,(H,21,22)/t17-,18-/m0/s1. The highest BCUT2D eigenvalue weighted by molar-refractivity contribution is 5.78. The Bertz CT molecular complexity index is 885. The molecular formula is C19H26N6O. The number of nitrogens with zero attached hydrogens (tertiary/aromatic N) is 5. The lowest BCUT2D eigenvalue weighted by Crippen LogP contribution is -2.48. The van der Waals surface area contributed by atoms with E-state index < -0.39 is 0 Å². The highest BCUT2D eigenvalue weighted by Crippen LogP contribution is 2.29. The summed E-state index contributed by atoms with van der Waals surface area (Å²) < 4.78 is 10.3. The van der Waals surface area contributed by atoms with Gasteiger partial charge in [-0.3, -0.25) is 4.90 Å². The summed E-state index contributed by atoms with van der Waals surface area (Å²) in [6.45, 7) is 5.57. The van der Waals surface area contributed by atoms with E-state index in [-0.39, 0.29) is 12.1 Å². The molecule has 1 aromatic carbocycles. The molecule has 0 bridgehead atoms. The van der Waals surface area contributed by atoms with E-state index >= 15 is 0 Å². The third kappa shape index (κ3) is 2.97. The zero-order chi connectivity index (χ0) is 18.1. The predicted octanol–water partition coefficient (Wildman–Crippen LogP) is 2.18. The number of aryl methyl sites for hydroxylation is 2. The summed E-state index contributed by atoms with van der Waals surface area (Å²) in [5.41, 5.74) is 3.31. The fraction of sp³-hybridized carbons (Fsp3) is 0.474. The molecule has 2 atom stereocenters. The van der Waals surface area contributed by atoms with Crippen LogP contribution in [0.1, 0.15) is 18.7 Å². The molecular weight excluding hydrogens is 328 g/mol. The van der Waals surface area contributed by atoms with E-state index in [2.05, 4.69) is 37.3 Å². The monoisotopic (exact) mass is 354 g/mol. The van der Waals surface area contributed by atoms with Crippen LogP contribution in [0.4, 0.5) is 5.95 Å². The molecule has 2 aromatic heterocycles. The minimum Gasteiger partial charge on any atom is -0.373 e. The Balaban J connectivity index is 1.57. The molecule has 0 saturated carbocycles. The Labute approximate surface area is 153 Å². The van der Waals surface area contributed by atoms with Gasteiger partial charge in [-0.05, 0) is 18.7 Å². The molecule has 1 N–H and O–H groups in total. The van der Waals surface area contributed by atoms with Crippen LogP contribution in [0.15, 0.2) is 36.8 Å². The second-order valence-corrected chi connectivity index (χ2v) is 6.78. The van der Waals surface area contributed by atoms with Crippen molar-refractivity contribution in [2.45, 2.75) is 19.1 Å². The van der Waals surface area contributed by atoms with Crippen molar-refractivity contribution >= 4 is 17.0 Å². The molecule has 1 aliphatic heterocycles. The Morgan fingerprint density at radius 3 is 2.85 bits per heavy atom. The summed E-state index contributed by atoms with van der Waals surface area (Å²) in [5, 5.41) is 3.50. The zero-order valence-electron chi connectivity index (χ0n) is 15.6. The SMILES string of the molecule is CCN1CCO[C@@H](CNc2nc3ccccc3n2C)[C@@H]1c1cncn1C. The first-order valence-corrected chi connectivity index (χ1v) is 9.16. The maximum atomic E-state index is 6.15. The van der Waals surface area contributed by atoms with Gasteiger partial charge in [-0.2, -0.15) is 0 Å². The molecule has 1 saturated heterocycles. The van der Waals surface area contributed by atoms with Crippen LogP contribution >= 0.6 is 0 Å². The molecule has 1 aliphatic rings. The molecule has 4 rings (SSSR count). The van der Waals surface area contributed by atoms with Gasteiger partial charge >= 0.3 is 0 Å². The van der Waals surface area contributed by atoms with Gasteiger partial charge in [0.25, 0.3) is 0 Å². The van der Waals surface area contributed by atoms with Gasteiger partial charge in [0.15, 0.2) is 0 Å². The van der Waals surface area contributed by atoms with Crippen molar-refractivity contribution in [3.63, 3.8) is 0 Å². The number of para-hydroxylation sites is 2. The van der Waals surface area contributed by atoms with Gasteiger partial charge in [0, 0.05) is 33.4 Å². The second-order valence-electron chi connectivity index (χ2n) is 6.78. The van der Waals surface area contributed by atoms with Gasteiger partial charge in [0.2, 0.25) is 5.95 Å². The normalized spacial score (nSPS) is 21.3. The Morgan fingerprint density at radius 1 is 1.27 bits per heavy atom. The maximum absolute atomic E-state index is 6.15. The lowest BCUT2D eigenvalue weighted by atomic mass is 10.0. The van der Waals surface area contributed by atoms with Crippen LogP contribution in [-0.4, -0.2) is 56.3 Å². The Kier molecular flexibility index (Phi) is 4.65. The van der Waals surface area contributed by atoms with Crippen LogP contribution in [0, 0.1) is 0 Å². The third-order valence-corrected chi connectivity index (χ3v) is 5.27. The number of nitrogens with one attached hydrogen (secondary N) is 1. The summed E-state index contributed by atoms with van der Waals surface area (Å²) in [4.78, 5) is 11.5. The molecule has 3 aromatic rings. The molecule has 0 spiro atoms. The van der Waals surface area contributed by atoms with Gasteiger partial charge in [0.05, 0.1) is 41.8 Å². The lowest BCUT2D eigenvalue weighted by molar-refractivity contribution is -0.0661. The summed E-state index contributed by atoms with van der Waals surface area (Å²) in [7, 11) is 4.08. The molecule has 7 nitrogen and oxygen atoms in total. The number of rotatable bonds is 5. The van der Waals surface area contributed by atoms with E-state index in [9.17, 15) is 0 Å². The summed E-state index contributed by atoms with van der Waals surface area (Å²) >= 11 is 0. The lowest BCUT2D eigenvalue weighted by Gasteiger charge is -2.40. The largest absolute Gasteiger partial charge is 0.373 e. The molecule has 0 aliphatic carbocycles. The van der Waals surface area contributed by atoms with Crippen LogP contribution in [0.25, 0.3) is 11.0 Å². The van der Waals surface area contributed by atoms with E-state index in [0.717, 1.165) is 36.7 Å². The Hall–Kier alpha value is -2.38. The molecule has 1 fully saturated rings. The van der Waals surface area contributed by atoms with E-state index in [1.807, 2.05) is 44.8 Å². The van der Waals surface area contributed by atoms with Crippen molar-refractivity contribution in [3.8, 4) is 0 Å². The topological polar surface area (TPSA) is 60.1 Å². The fourth-order valence-corrected chi connectivity index (χ4v) is 3.84. The molecule has 0 radical (unpaired) electrons. The zero-order valence-corrected chi connectivity index (χ0v) is 15.6. The number of morpholine rings is 1. The number of hydrogen-bond acceptors (Lipinski definition) is 5. The van der Waals surface area contributed by atoms with Crippen molar-refractivity contribution in [3.05, 3.63) is 42.5 Å². The highest BCUT2D eigenvalue weighted by Gasteiger charge is 2.34. The minimum atomic E-state index is 0.0407. The number of imidazole rings is 2. The van der Waals surface area contributed by atoms with E-state index in [1.54, 1.807) is 0 Å². The number of fused-ring (bicyclic) bond motifs is 1. The predicted molar refractivity (Wildman–Crippen MR) is 102 cm³/mol. The maximum Gasteiger partial charge on any atom is 0.203 e.